The summed E-state index contributed by atoms with van der Waals surface area (Å²) in [5.74, 6) is 0. The Labute approximate surface area is 137 Å². The van der Waals surface area contributed by atoms with E-state index < -0.39 is 0 Å². The molecule has 0 bridgehead atoms. The Kier molecular flexibility index (Phi) is 4.05. The summed E-state index contributed by atoms with van der Waals surface area (Å²) in [5, 5.41) is 5.79. The molecule has 0 aromatic heterocycles. The number of hydrogen-bond acceptors (Lipinski definition) is 1. The molecule has 1 unspecified atom stereocenters. The Balaban J connectivity index is 1.81. The fourth-order valence-electron chi connectivity index (χ4n) is 2.57. The van der Waals surface area contributed by atoms with E-state index in [1.165, 1.54) is 11.1 Å². The van der Waals surface area contributed by atoms with Gasteiger partial charge in [-0.05, 0) is 48.2 Å². The Bertz CT molecular complexity index is 646. The largest absolute Gasteiger partial charge is 0.379 e. The molecule has 2 aromatic rings. The van der Waals surface area contributed by atoms with Crippen LogP contribution in [0.1, 0.15) is 11.1 Å². The highest BCUT2D eigenvalue weighted by Crippen LogP contribution is 2.36. The fourth-order valence-corrected chi connectivity index (χ4v) is 3.69. The third kappa shape index (κ3) is 2.87. The van der Waals surface area contributed by atoms with Crippen LogP contribution in [0.25, 0.3) is 0 Å². The molecular formula is C15H11Cl4N. The lowest BCUT2D eigenvalue weighted by atomic mass is 10.1. The minimum atomic E-state index is 0.264. The van der Waals surface area contributed by atoms with Crippen molar-refractivity contribution in [1.82, 2.24) is 0 Å². The van der Waals surface area contributed by atoms with Crippen LogP contribution in [0.5, 0.6) is 0 Å². The van der Waals surface area contributed by atoms with E-state index in [1.54, 1.807) is 12.1 Å². The predicted octanol–water partition coefficient (Wildman–Crippen LogP) is 5.88. The quantitative estimate of drug-likeness (QED) is 0.715. The molecule has 0 saturated heterocycles. The summed E-state index contributed by atoms with van der Waals surface area (Å²) in [6, 6.07) is 9.66. The Hall–Kier alpha value is -0.600. The molecule has 1 aliphatic rings. The van der Waals surface area contributed by atoms with Crippen molar-refractivity contribution in [3.63, 3.8) is 0 Å². The zero-order valence-corrected chi connectivity index (χ0v) is 13.4. The van der Waals surface area contributed by atoms with Crippen LogP contribution < -0.4 is 5.32 Å². The van der Waals surface area contributed by atoms with E-state index in [4.69, 9.17) is 46.4 Å². The number of hydrogen-bond donors (Lipinski definition) is 1. The van der Waals surface area contributed by atoms with Crippen LogP contribution in [0.15, 0.2) is 30.3 Å². The molecule has 0 radical (unpaired) electrons. The van der Waals surface area contributed by atoms with Gasteiger partial charge in [0.1, 0.15) is 0 Å². The fraction of sp³-hybridized carbons (Fsp3) is 0.200. The van der Waals surface area contributed by atoms with E-state index in [0.29, 0.717) is 15.1 Å². The van der Waals surface area contributed by atoms with Crippen molar-refractivity contribution < 1.29 is 0 Å². The third-order valence-electron chi connectivity index (χ3n) is 3.46. The van der Waals surface area contributed by atoms with E-state index in [2.05, 4.69) is 11.4 Å². The Morgan fingerprint density at radius 3 is 2.15 bits per heavy atom. The second-order valence-corrected chi connectivity index (χ2v) is 6.59. The molecule has 5 heteroatoms. The monoisotopic (exact) mass is 345 g/mol. The van der Waals surface area contributed by atoms with Crippen molar-refractivity contribution in [2.24, 2.45) is 0 Å². The van der Waals surface area contributed by atoms with Crippen LogP contribution in [-0.2, 0) is 12.8 Å². The topological polar surface area (TPSA) is 12.0 Å². The number of nitrogens with one attached hydrogen (secondary N) is 1. The van der Waals surface area contributed by atoms with Crippen molar-refractivity contribution in [2.45, 2.75) is 18.9 Å². The van der Waals surface area contributed by atoms with Gasteiger partial charge in [-0.25, -0.2) is 0 Å². The highest BCUT2D eigenvalue weighted by atomic mass is 35.5. The number of halogens is 4. The van der Waals surface area contributed by atoms with Crippen molar-refractivity contribution in [3.05, 3.63) is 61.5 Å². The summed E-state index contributed by atoms with van der Waals surface area (Å²) in [4.78, 5) is 0. The lowest BCUT2D eigenvalue weighted by Gasteiger charge is -2.16. The molecule has 0 fully saturated rings. The van der Waals surface area contributed by atoms with Gasteiger partial charge in [0, 0.05) is 16.1 Å². The average Bonchev–Trinajstić information content (AvgIpc) is 2.75. The molecule has 0 spiro atoms. The maximum absolute atomic E-state index is 6.20. The van der Waals surface area contributed by atoms with Crippen LogP contribution in [0.3, 0.4) is 0 Å². The van der Waals surface area contributed by atoms with Gasteiger partial charge in [-0.15, -0.1) is 0 Å². The molecular weight excluding hydrogens is 336 g/mol. The van der Waals surface area contributed by atoms with Gasteiger partial charge in [0.05, 0.1) is 15.7 Å². The summed E-state index contributed by atoms with van der Waals surface area (Å²) in [7, 11) is 0. The van der Waals surface area contributed by atoms with Gasteiger partial charge < -0.3 is 5.32 Å². The molecule has 0 amide bonds. The summed E-state index contributed by atoms with van der Waals surface area (Å²) in [5.41, 5.74) is 3.32. The van der Waals surface area contributed by atoms with Gasteiger partial charge in [0.25, 0.3) is 0 Å². The van der Waals surface area contributed by atoms with E-state index in [-0.39, 0.29) is 6.04 Å². The van der Waals surface area contributed by atoms with Crippen LogP contribution >= 0.6 is 46.4 Å². The molecule has 1 nitrogen and oxygen atoms in total. The molecule has 20 heavy (non-hydrogen) atoms. The molecule has 0 saturated carbocycles. The summed E-state index contributed by atoms with van der Waals surface area (Å²) < 4.78 is 0. The second-order valence-electron chi connectivity index (χ2n) is 4.91. The van der Waals surface area contributed by atoms with Crippen molar-refractivity contribution in [2.75, 3.05) is 5.32 Å². The molecule has 2 aromatic carbocycles. The standard InChI is InChI=1S/C15H11Cl4N/c16-10-2-1-8-4-12(5-9(8)3-10)20-15-13(18)6-11(17)7-14(15)19/h1-3,6-7,12,20H,4-5H2. The zero-order valence-electron chi connectivity index (χ0n) is 10.4. The van der Waals surface area contributed by atoms with Gasteiger partial charge >= 0.3 is 0 Å². The predicted molar refractivity (Wildman–Crippen MR) is 87.7 cm³/mol. The maximum atomic E-state index is 6.20. The smallest absolute Gasteiger partial charge is 0.0722 e. The highest BCUT2D eigenvalue weighted by Gasteiger charge is 2.23. The van der Waals surface area contributed by atoms with Crippen LogP contribution in [0.4, 0.5) is 5.69 Å². The normalized spacial score (nSPS) is 17.1. The molecule has 1 aliphatic carbocycles. The van der Waals surface area contributed by atoms with Gasteiger partial charge in [-0.2, -0.15) is 0 Å². The maximum Gasteiger partial charge on any atom is 0.0722 e. The number of anilines is 1. The highest BCUT2D eigenvalue weighted by molar-refractivity contribution is 6.41. The van der Waals surface area contributed by atoms with Crippen molar-refractivity contribution in [1.29, 1.82) is 0 Å². The summed E-state index contributed by atoms with van der Waals surface area (Å²) in [6.07, 6.45) is 1.84. The second kappa shape index (κ2) is 5.65. The number of fused-ring (bicyclic) bond motifs is 1. The van der Waals surface area contributed by atoms with E-state index in [0.717, 1.165) is 23.6 Å². The molecule has 1 N–H and O–H groups in total. The number of rotatable bonds is 2. The van der Waals surface area contributed by atoms with Crippen molar-refractivity contribution >= 4 is 52.1 Å². The zero-order chi connectivity index (χ0) is 14.3. The Morgan fingerprint density at radius 2 is 1.45 bits per heavy atom. The molecule has 0 aliphatic heterocycles. The molecule has 104 valence electrons. The SMILES string of the molecule is Clc1cc(Cl)c(NC2Cc3ccc(Cl)cc3C2)c(Cl)c1. The third-order valence-corrected chi connectivity index (χ3v) is 4.51. The molecule has 1 atom stereocenters. The van der Waals surface area contributed by atoms with Gasteiger partial charge in [-0.3, -0.25) is 0 Å². The van der Waals surface area contributed by atoms with Gasteiger partial charge in [-0.1, -0.05) is 52.5 Å². The van der Waals surface area contributed by atoms with Gasteiger partial charge in [0.15, 0.2) is 0 Å². The van der Waals surface area contributed by atoms with Crippen molar-refractivity contribution in [3.8, 4) is 0 Å². The first-order chi connectivity index (χ1) is 9.52. The summed E-state index contributed by atoms with van der Waals surface area (Å²) in [6.45, 7) is 0. The first kappa shape index (κ1) is 14.3. The lowest BCUT2D eigenvalue weighted by molar-refractivity contribution is 0.774. The van der Waals surface area contributed by atoms with Crippen LogP contribution in [0, 0.1) is 0 Å². The minimum absolute atomic E-state index is 0.264. The first-order valence-corrected chi connectivity index (χ1v) is 7.72. The molecule has 3 rings (SSSR count). The van der Waals surface area contributed by atoms with E-state index >= 15 is 0 Å². The lowest BCUT2D eigenvalue weighted by Crippen LogP contribution is -2.19. The van der Waals surface area contributed by atoms with Crippen LogP contribution in [0.2, 0.25) is 20.1 Å². The van der Waals surface area contributed by atoms with E-state index in [1.807, 2.05) is 12.1 Å². The minimum Gasteiger partial charge on any atom is -0.379 e. The number of benzene rings is 2. The first-order valence-electron chi connectivity index (χ1n) is 6.21. The Morgan fingerprint density at radius 1 is 0.800 bits per heavy atom. The van der Waals surface area contributed by atoms with E-state index in [9.17, 15) is 0 Å². The molecule has 0 heterocycles. The van der Waals surface area contributed by atoms with Crippen LogP contribution in [-0.4, -0.2) is 6.04 Å². The average molecular weight is 347 g/mol. The summed E-state index contributed by atoms with van der Waals surface area (Å²) >= 11 is 24.3. The van der Waals surface area contributed by atoms with Gasteiger partial charge in [0.2, 0.25) is 0 Å².